The quantitative estimate of drug-likeness (QED) is 0.559. The van der Waals surface area contributed by atoms with Crippen molar-refractivity contribution in [1.82, 2.24) is 10.2 Å². The Bertz CT molecular complexity index is 1270. The van der Waals surface area contributed by atoms with Gasteiger partial charge in [-0.15, -0.1) is 0 Å². The molecule has 3 aliphatic rings. The van der Waals surface area contributed by atoms with Crippen molar-refractivity contribution in [3.8, 4) is 0 Å². The average Bonchev–Trinajstić information content (AvgIpc) is 3.45. The van der Waals surface area contributed by atoms with E-state index in [0.29, 0.717) is 31.6 Å². The third-order valence-electron chi connectivity index (χ3n) is 8.43. The molecule has 2 aromatic carbocycles. The number of benzene rings is 2. The number of methoxy groups -OCH3 is 1. The number of hydrogen-bond donors (Lipinski definition) is 1. The van der Waals surface area contributed by atoms with E-state index in [1.807, 2.05) is 0 Å². The van der Waals surface area contributed by atoms with E-state index in [-0.39, 0.29) is 49.3 Å². The van der Waals surface area contributed by atoms with Gasteiger partial charge in [-0.05, 0) is 53.2 Å². The fourth-order valence-electron chi connectivity index (χ4n) is 6.26. The summed E-state index contributed by atoms with van der Waals surface area (Å²) in [6, 6.07) is 11.8. The fourth-order valence-corrected chi connectivity index (χ4v) is 6.26. The van der Waals surface area contributed by atoms with E-state index in [2.05, 4.69) is 5.32 Å². The molecule has 1 N–H and O–H groups in total. The number of carbonyl (C=O) groups is 2. The Hall–Kier alpha value is -3.24. The van der Waals surface area contributed by atoms with E-state index in [0.717, 1.165) is 18.2 Å². The number of hydrogen-bond acceptors (Lipinski definition) is 4. The van der Waals surface area contributed by atoms with E-state index in [9.17, 15) is 27.2 Å². The van der Waals surface area contributed by atoms with Crippen molar-refractivity contribution in [3.05, 3.63) is 77.1 Å². The van der Waals surface area contributed by atoms with Crippen LogP contribution in [0, 0.1) is 11.2 Å². The smallest absolute Gasteiger partial charge is 0.373 e. The van der Waals surface area contributed by atoms with Crippen LogP contribution in [0.4, 0.5) is 17.6 Å². The normalized spacial score (nSPS) is 22.8. The summed E-state index contributed by atoms with van der Waals surface area (Å²) in [4.78, 5) is 27.4. The molecule has 2 saturated heterocycles. The van der Waals surface area contributed by atoms with Crippen LogP contribution in [0.15, 0.2) is 54.6 Å². The molecule has 39 heavy (non-hydrogen) atoms. The number of carbonyl (C=O) groups excluding carboxylic acids is 2. The van der Waals surface area contributed by atoms with Crippen molar-refractivity contribution in [2.24, 2.45) is 5.41 Å². The van der Waals surface area contributed by atoms with Crippen LogP contribution < -0.4 is 5.32 Å². The van der Waals surface area contributed by atoms with Gasteiger partial charge in [-0.2, -0.15) is 13.2 Å². The molecule has 5 rings (SSSR count). The minimum absolute atomic E-state index is 0.0314. The van der Waals surface area contributed by atoms with Crippen molar-refractivity contribution in [2.75, 3.05) is 40.0 Å². The van der Waals surface area contributed by atoms with Gasteiger partial charge in [-0.3, -0.25) is 9.59 Å². The van der Waals surface area contributed by atoms with E-state index < -0.39 is 23.1 Å². The van der Waals surface area contributed by atoms with Gasteiger partial charge in [0.05, 0.1) is 13.2 Å². The molecule has 0 aromatic heterocycles. The monoisotopic (exact) mass is 546 g/mol. The summed E-state index contributed by atoms with van der Waals surface area (Å²) in [5.74, 6) is -1.85. The van der Waals surface area contributed by atoms with E-state index in [4.69, 9.17) is 9.47 Å². The SMILES string of the molecule is CO[C@](C(=O)N1CCC2(CC1)CC(=O)NC[C@H]2c1ccc(F)cc1)(c1cccc(C2=CCOC2)c1)C(F)(F)F. The molecule has 208 valence electrons. The lowest BCUT2D eigenvalue weighted by atomic mass is 9.62. The van der Waals surface area contributed by atoms with Crippen LogP contribution in [-0.4, -0.2) is 62.8 Å². The Labute approximate surface area is 224 Å². The second kappa shape index (κ2) is 10.4. The number of alkyl halides is 3. The highest BCUT2D eigenvalue weighted by molar-refractivity contribution is 5.88. The second-order valence-corrected chi connectivity index (χ2v) is 10.4. The van der Waals surface area contributed by atoms with E-state index >= 15 is 0 Å². The molecule has 2 amide bonds. The minimum Gasteiger partial charge on any atom is -0.373 e. The summed E-state index contributed by atoms with van der Waals surface area (Å²) in [7, 11) is 0.900. The van der Waals surface area contributed by atoms with Gasteiger partial charge in [0.1, 0.15) is 5.82 Å². The Balaban J connectivity index is 1.44. The maximum absolute atomic E-state index is 14.8. The highest BCUT2D eigenvalue weighted by Gasteiger charge is 2.64. The molecule has 10 heteroatoms. The first kappa shape index (κ1) is 27.3. The molecule has 6 nitrogen and oxygen atoms in total. The molecule has 0 unspecified atom stereocenters. The van der Waals surface area contributed by atoms with E-state index in [1.165, 1.54) is 35.2 Å². The fraction of sp³-hybridized carbons (Fsp3) is 0.448. The lowest BCUT2D eigenvalue weighted by molar-refractivity contribution is -0.271. The van der Waals surface area contributed by atoms with Gasteiger partial charge in [0.2, 0.25) is 5.91 Å². The topological polar surface area (TPSA) is 67.9 Å². The van der Waals surface area contributed by atoms with Gasteiger partial charge in [-0.1, -0.05) is 36.4 Å². The van der Waals surface area contributed by atoms with Crippen LogP contribution in [0.5, 0.6) is 0 Å². The largest absolute Gasteiger partial charge is 0.430 e. The minimum atomic E-state index is -5.03. The highest BCUT2D eigenvalue weighted by Crippen LogP contribution is 2.50. The first-order chi connectivity index (χ1) is 18.6. The van der Waals surface area contributed by atoms with Crippen LogP contribution >= 0.6 is 0 Å². The zero-order valence-electron chi connectivity index (χ0n) is 21.5. The third kappa shape index (κ3) is 4.84. The number of rotatable bonds is 5. The van der Waals surface area contributed by atoms with Gasteiger partial charge in [0, 0.05) is 44.6 Å². The molecular formula is C29H30F4N2O4. The molecule has 0 bridgehead atoms. The first-order valence-corrected chi connectivity index (χ1v) is 12.9. The standard InChI is InChI=1S/C29H30F4N2O4/c1-38-28(29(31,32)33,22-4-2-3-20(15-22)21-9-14-39-18-21)26(37)35-12-10-27(11-13-35)16-25(36)34-17-24(27)19-5-7-23(30)8-6-19/h2-9,15,24H,10-14,16-18H2,1H3,(H,34,36)/t24-,28-/m0/s1. The van der Waals surface area contributed by atoms with Gasteiger partial charge in [0.15, 0.2) is 0 Å². The van der Waals surface area contributed by atoms with Crippen LogP contribution in [-0.2, 0) is 24.7 Å². The molecule has 0 aliphatic carbocycles. The van der Waals surface area contributed by atoms with Crippen LogP contribution in [0.2, 0.25) is 0 Å². The summed E-state index contributed by atoms with van der Waals surface area (Å²) in [5, 5.41) is 2.86. The summed E-state index contributed by atoms with van der Waals surface area (Å²) in [6.45, 7) is 1.06. The third-order valence-corrected chi connectivity index (χ3v) is 8.43. The lowest BCUT2D eigenvalue weighted by Crippen LogP contribution is -2.60. The number of piperidine rings is 2. The molecule has 2 aromatic rings. The predicted octanol–water partition coefficient (Wildman–Crippen LogP) is 4.56. The van der Waals surface area contributed by atoms with Gasteiger partial charge < -0.3 is 19.7 Å². The Morgan fingerprint density at radius 1 is 1.13 bits per heavy atom. The highest BCUT2D eigenvalue weighted by atomic mass is 19.4. The van der Waals surface area contributed by atoms with Gasteiger partial charge >= 0.3 is 6.18 Å². The number of likely N-dealkylation sites (tertiary alicyclic amines) is 1. The number of ether oxygens (including phenoxy) is 2. The summed E-state index contributed by atoms with van der Waals surface area (Å²) in [6.07, 6.45) is -2.39. The van der Waals surface area contributed by atoms with Crippen molar-refractivity contribution in [3.63, 3.8) is 0 Å². The lowest BCUT2D eigenvalue weighted by Gasteiger charge is -2.50. The molecule has 3 heterocycles. The van der Waals surface area contributed by atoms with Crippen molar-refractivity contribution in [2.45, 2.75) is 37.0 Å². The van der Waals surface area contributed by atoms with Crippen molar-refractivity contribution < 1.29 is 36.6 Å². The van der Waals surface area contributed by atoms with Crippen molar-refractivity contribution >= 4 is 17.4 Å². The number of nitrogens with zero attached hydrogens (tertiary/aromatic N) is 1. The first-order valence-electron chi connectivity index (χ1n) is 12.9. The Morgan fingerprint density at radius 3 is 2.46 bits per heavy atom. The van der Waals surface area contributed by atoms with Crippen molar-refractivity contribution in [1.29, 1.82) is 0 Å². The zero-order valence-corrected chi connectivity index (χ0v) is 21.5. The van der Waals surface area contributed by atoms with Crippen LogP contribution in [0.3, 0.4) is 0 Å². The van der Waals surface area contributed by atoms with E-state index in [1.54, 1.807) is 24.3 Å². The maximum Gasteiger partial charge on any atom is 0.430 e. The molecule has 1 spiro atoms. The molecule has 2 fully saturated rings. The number of nitrogens with one attached hydrogen (secondary N) is 1. The molecular weight excluding hydrogens is 516 g/mol. The molecule has 0 radical (unpaired) electrons. The summed E-state index contributed by atoms with van der Waals surface area (Å²) in [5.41, 5.74) is -1.91. The maximum atomic E-state index is 14.8. The summed E-state index contributed by atoms with van der Waals surface area (Å²) >= 11 is 0. The predicted molar refractivity (Wildman–Crippen MR) is 135 cm³/mol. The average molecular weight is 547 g/mol. The second-order valence-electron chi connectivity index (χ2n) is 10.4. The Kier molecular flexibility index (Phi) is 7.28. The molecule has 2 atom stereocenters. The van der Waals surface area contributed by atoms with Gasteiger partial charge in [-0.25, -0.2) is 4.39 Å². The molecule has 3 aliphatic heterocycles. The number of halogens is 4. The molecule has 0 saturated carbocycles. The van der Waals surface area contributed by atoms with Crippen LogP contribution in [0.25, 0.3) is 5.57 Å². The van der Waals surface area contributed by atoms with Gasteiger partial charge in [0.25, 0.3) is 11.5 Å². The number of amides is 2. The Morgan fingerprint density at radius 2 is 1.85 bits per heavy atom. The zero-order chi connectivity index (χ0) is 27.8. The summed E-state index contributed by atoms with van der Waals surface area (Å²) < 4.78 is 68.4. The van der Waals surface area contributed by atoms with Crippen LogP contribution in [0.1, 0.15) is 41.9 Å².